The molecule has 4 nitrogen and oxygen atoms in total. The Morgan fingerprint density at radius 2 is 2.17 bits per heavy atom. The number of carbonyl (C=O) groups is 1. The average molecular weight is 312 g/mol. The maximum Gasteiger partial charge on any atom is 0.241 e. The molecule has 1 heterocycles. The Morgan fingerprint density at radius 1 is 1.39 bits per heavy atom. The van der Waals surface area contributed by atoms with Crippen LogP contribution in [0.5, 0.6) is 0 Å². The third-order valence-corrected chi connectivity index (χ3v) is 3.96. The summed E-state index contributed by atoms with van der Waals surface area (Å²) in [6, 6.07) is 6.26. The number of anilines is 1. The van der Waals surface area contributed by atoms with Gasteiger partial charge in [-0.25, -0.2) is 0 Å². The first-order chi connectivity index (χ1) is 8.61. The first kappa shape index (κ1) is 13.4. The Kier molecular flexibility index (Phi) is 4.24. The molecule has 0 radical (unpaired) electrons. The summed E-state index contributed by atoms with van der Waals surface area (Å²) >= 11 is 3.58. The second-order valence-electron chi connectivity index (χ2n) is 4.54. The fraction of sp³-hybridized carbons (Fsp3) is 0.462. The fourth-order valence-corrected chi connectivity index (χ4v) is 2.55. The number of nitrogens with one attached hydrogen (secondary N) is 1. The van der Waals surface area contributed by atoms with Crippen LogP contribution in [0.3, 0.4) is 0 Å². The molecule has 98 valence electrons. The molecule has 18 heavy (non-hydrogen) atoms. The summed E-state index contributed by atoms with van der Waals surface area (Å²) in [6.45, 7) is 2.98. The van der Waals surface area contributed by atoms with Crippen LogP contribution in [0.25, 0.3) is 0 Å². The van der Waals surface area contributed by atoms with Gasteiger partial charge in [0.1, 0.15) is 0 Å². The van der Waals surface area contributed by atoms with Gasteiger partial charge >= 0.3 is 0 Å². The molecular formula is C13H18BrN3O. The summed E-state index contributed by atoms with van der Waals surface area (Å²) in [5, 5.41) is 3.13. The Bertz CT molecular complexity index is 450. The standard InChI is InChI=1S/C13H18BrN3O/c1-15-8-10-3-4-11(7-12(10)14)17-6-5-16(2)13(18)9-17/h3-4,7,15H,5-6,8-9H2,1-2H3. The van der Waals surface area contributed by atoms with E-state index in [1.165, 1.54) is 5.56 Å². The molecule has 1 saturated heterocycles. The summed E-state index contributed by atoms with van der Waals surface area (Å²) in [4.78, 5) is 15.6. The molecule has 5 heteroatoms. The number of benzene rings is 1. The van der Waals surface area contributed by atoms with Gasteiger partial charge in [-0.1, -0.05) is 22.0 Å². The molecule has 1 aliphatic rings. The van der Waals surface area contributed by atoms with Crippen molar-refractivity contribution in [2.24, 2.45) is 0 Å². The second kappa shape index (κ2) is 5.71. The van der Waals surface area contributed by atoms with Gasteiger partial charge in [-0.15, -0.1) is 0 Å². The number of rotatable bonds is 3. The van der Waals surface area contributed by atoms with E-state index in [0.717, 1.165) is 29.8 Å². The van der Waals surface area contributed by atoms with E-state index < -0.39 is 0 Å². The molecule has 1 aromatic carbocycles. The summed E-state index contributed by atoms with van der Waals surface area (Å²) in [6.07, 6.45) is 0. The summed E-state index contributed by atoms with van der Waals surface area (Å²) in [5.41, 5.74) is 2.32. The van der Waals surface area contributed by atoms with Crippen molar-refractivity contribution in [3.05, 3.63) is 28.2 Å². The lowest BCUT2D eigenvalue weighted by molar-refractivity contribution is -0.129. The highest BCUT2D eigenvalue weighted by molar-refractivity contribution is 9.10. The molecule has 1 amide bonds. The first-order valence-electron chi connectivity index (χ1n) is 6.03. The minimum Gasteiger partial charge on any atom is -0.360 e. The summed E-state index contributed by atoms with van der Waals surface area (Å²) in [7, 11) is 3.78. The van der Waals surface area contributed by atoms with Crippen LogP contribution < -0.4 is 10.2 Å². The van der Waals surface area contributed by atoms with Crippen LogP contribution in [0.2, 0.25) is 0 Å². The maximum atomic E-state index is 11.7. The molecule has 0 saturated carbocycles. The van der Waals surface area contributed by atoms with Crippen molar-refractivity contribution in [2.75, 3.05) is 38.6 Å². The van der Waals surface area contributed by atoms with Gasteiger partial charge in [0.2, 0.25) is 5.91 Å². The molecule has 1 fully saturated rings. The van der Waals surface area contributed by atoms with E-state index in [4.69, 9.17) is 0 Å². The van der Waals surface area contributed by atoms with Crippen molar-refractivity contribution >= 4 is 27.5 Å². The van der Waals surface area contributed by atoms with E-state index in [0.29, 0.717) is 6.54 Å². The van der Waals surface area contributed by atoms with Gasteiger partial charge in [-0.3, -0.25) is 4.79 Å². The number of likely N-dealkylation sites (N-methyl/N-ethyl adjacent to an activating group) is 1. The zero-order valence-corrected chi connectivity index (χ0v) is 12.3. The molecular weight excluding hydrogens is 294 g/mol. The van der Waals surface area contributed by atoms with Gasteiger partial charge in [0.25, 0.3) is 0 Å². The van der Waals surface area contributed by atoms with Gasteiger partial charge in [0.05, 0.1) is 6.54 Å². The number of hydrogen-bond acceptors (Lipinski definition) is 3. The second-order valence-corrected chi connectivity index (χ2v) is 5.40. The zero-order chi connectivity index (χ0) is 13.1. The third-order valence-electron chi connectivity index (χ3n) is 3.23. The van der Waals surface area contributed by atoms with Crippen LogP contribution in [0.1, 0.15) is 5.56 Å². The topological polar surface area (TPSA) is 35.6 Å². The zero-order valence-electron chi connectivity index (χ0n) is 10.7. The van der Waals surface area contributed by atoms with Crippen molar-refractivity contribution in [2.45, 2.75) is 6.54 Å². The van der Waals surface area contributed by atoms with Gasteiger partial charge < -0.3 is 15.1 Å². The lowest BCUT2D eigenvalue weighted by Gasteiger charge is -2.33. The Morgan fingerprint density at radius 3 is 2.78 bits per heavy atom. The van der Waals surface area contributed by atoms with Gasteiger partial charge in [0, 0.05) is 36.8 Å². The molecule has 1 N–H and O–H groups in total. The van der Waals surface area contributed by atoms with Crippen molar-refractivity contribution in [1.29, 1.82) is 0 Å². The number of hydrogen-bond donors (Lipinski definition) is 1. The Balaban J connectivity index is 2.14. The van der Waals surface area contributed by atoms with Crippen molar-refractivity contribution in [3.8, 4) is 0 Å². The SMILES string of the molecule is CNCc1ccc(N2CCN(C)C(=O)C2)cc1Br. The summed E-state index contributed by atoms with van der Waals surface area (Å²) in [5.74, 6) is 0.177. The van der Waals surface area contributed by atoms with Crippen LogP contribution >= 0.6 is 15.9 Å². The smallest absolute Gasteiger partial charge is 0.241 e. The number of piperazine rings is 1. The van der Waals surface area contributed by atoms with E-state index in [1.54, 1.807) is 4.90 Å². The third kappa shape index (κ3) is 2.84. The molecule has 0 atom stereocenters. The minimum absolute atomic E-state index is 0.177. The molecule has 0 bridgehead atoms. The highest BCUT2D eigenvalue weighted by atomic mass is 79.9. The van der Waals surface area contributed by atoms with Gasteiger partial charge in [0.15, 0.2) is 0 Å². The van der Waals surface area contributed by atoms with Crippen LogP contribution in [0.4, 0.5) is 5.69 Å². The van der Waals surface area contributed by atoms with Crippen molar-refractivity contribution in [3.63, 3.8) is 0 Å². The fourth-order valence-electron chi connectivity index (χ4n) is 2.05. The molecule has 0 spiro atoms. The molecule has 0 aromatic heterocycles. The minimum atomic E-state index is 0.177. The van der Waals surface area contributed by atoms with Crippen LogP contribution in [0, 0.1) is 0 Å². The van der Waals surface area contributed by atoms with Gasteiger partial charge in [-0.2, -0.15) is 0 Å². The predicted octanol–water partition coefficient (Wildman–Crippen LogP) is 1.45. The number of amides is 1. The highest BCUT2D eigenvalue weighted by Crippen LogP contribution is 2.25. The Labute approximate surface area is 116 Å². The molecule has 2 rings (SSSR count). The number of nitrogens with zero attached hydrogens (tertiary/aromatic N) is 2. The van der Waals surface area contributed by atoms with Crippen molar-refractivity contribution in [1.82, 2.24) is 10.2 Å². The first-order valence-corrected chi connectivity index (χ1v) is 6.83. The van der Waals surface area contributed by atoms with Crippen LogP contribution in [-0.4, -0.2) is 44.5 Å². The largest absolute Gasteiger partial charge is 0.360 e. The normalized spacial score (nSPS) is 16.3. The lowest BCUT2D eigenvalue weighted by Crippen LogP contribution is -2.48. The Hall–Kier alpha value is -1.07. The lowest BCUT2D eigenvalue weighted by atomic mass is 10.1. The monoisotopic (exact) mass is 311 g/mol. The van der Waals surface area contributed by atoms with E-state index in [1.807, 2.05) is 14.1 Å². The average Bonchev–Trinajstić information content (AvgIpc) is 2.35. The predicted molar refractivity (Wildman–Crippen MR) is 76.8 cm³/mol. The molecule has 1 aliphatic heterocycles. The summed E-state index contributed by atoms with van der Waals surface area (Å²) < 4.78 is 1.08. The van der Waals surface area contributed by atoms with E-state index in [9.17, 15) is 4.79 Å². The van der Waals surface area contributed by atoms with E-state index in [2.05, 4.69) is 44.3 Å². The number of halogens is 1. The quantitative estimate of drug-likeness (QED) is 0.917. The van der Waals surface area contributed by atoms with Crippen LogP contribution in [-0.2, 0) is 11.3 Å². The number of carbonyl (C=O) groups excluding carboxylic acids is 1. The van der Waals surface area contributed by atoms with E-state index >= 15 is 0 Å². The molecule has 0 unspecified atom stereocenters. The van der Waals surface area contributed by atoms with E-state index in [-0.39, 0.29) is 5.91 Å². The molecule has 1 aromatic rings. The van der Waals surface area contributed by atoms with Crippen LogP contribution in [0.15, 0.2) is 22.7 Å². The van der Waals surface area contributed by atoms with Crippen molar-refractivity contribution < 1.29 is 4.79 Å². The molecule has 0 aliphatic carbocycles. The maximum absolute atomic E-state index is 11.7. The van der Waals surface area contributed by atoms with Gasteiger partial charge in [-0.05, 0) is 24.7 Å². The highest BCUT2D eigenvalue weighted by Gasteiger charge is 2.21.